The summed E-state index contributed by atoms with van der Waals surface area (Å²) in [6.45, 7) is 9.45. The van der Waals surface area contributed by atoms with Crippen LogP contribution in [0.5, 0.6) is 0 Å². The molecular weight excluding hydrogens is 342 g/mol. The minimum atomic E-state index is -0.0598. The molecule has 1 atom stereocenters. The Morgan fingerprint density at radius 3 is 2.48 bits per heavy atom. The maximum atomic E-state index is 12.1. The van der Waals surface area contributed by atoms with E-state index < -0.39 is 0 Å². The van der Waals surface area contributed by atoms with Crippen molar-refractivity contribution in [3.05, 3.63) is 35.9 Å². The Bertz CT molecular complexity index is 585. The summed E-state index contributed by atoms with van der Waals surface area (Å²) in [5, 5.41) is 9.35. The van der Waals surface area contributed by atoms with Crippen LogP contribution in [0.3, 0.4) is 0 Å². The summed E-state index contributed by atoms with van der Waals surface area (Å²) in [4.78, 5) is 18.7. The second kappa shape index (κ2) is 11.6. The molecule has 0 bridgehead atoms. The second-order valence-electron chi connectivity index (χ2n) is 7.03. The molecule has 1 aliphatic heterocycles. The number of carbonyl (C=O) groups excluding carboxylic acids is 1. The number of morpholine rings is 1. The Kier molecular flexibility index (Phi) is 9.07. The lowest BCUT2D eigenvalue weighted by atomic mass is 10.0. The summed E-state index contributed by atoms with van der Waals surface area (Å²) >= 11 is 0. The van der Waals surface area contributed by atoms with Crippen molar-refractivity contribution in [3.63, 3.8) is 0 Å². The average Bonchev–Trinajstić information content (AvgIpc) is 2.70. The molecule has 27 heavy (non-hydrogen) atoms. The van der Waals surface area contributed by atoms with Crippen molar-refractivity contribution in [2.24, 2.45) is 10.9 Å². The summed E-state index contributed by atoms with van der Waals surface area (Å²) in [5.41, 5.74) is 1.08. The molecule has 7 heteroatoms. The first-order chi connectivity index (χ1) is 13.1. The summed E-state index contributed by atoms with van der Waals surface area (Å²) in [6.07, 6.45) is 0. The first kappa shape index (κ1) is 21.2. The third-order valence-electron chi connectivity index (χ3n) is 4.74. The van der Waals surface area contributed by atoms with Crippen LogP contribution in [-0.4, -0.2) is 69.2 Å². The lowest BCUT2D eigenvalue weighted by Crippen LogP contribution is -2.53. The molecule has 1 amide bonds. The molecular formula is C20H33N5O2. The van der Waals surface area contributed by atoms with E-state index in [2.05, 4.69) is 39.7 Å². The van der Waals surface area contributed by atoms with Crippen molar-refractivity contribution < 1.29 is 9.53 Å². The van der Waals surface area contributed by atoms with Gasteiger partial charge in [0.05, 0.1) is 19.8 Å². The van der Waals surface area contributed by atoms with Crippen molar-refractivity contribution in [2.45, 2.75) is 26.4 Å². The van der Waals surface area contributed by atoms with Gasteiger partial charge >= 0.3 is 0 Å². The Morgan fingerprint density at radius 2 is 1.85 bits per heavy atom. The maximum absolute atomic E-state index is 12.1. The predicted molar refractivity (Wildman–Crippen MR) is 109 cm³/mol. The first-order valence-corrected chi connectivity index (χ1v) is 9.67. The molecule has 0 spiro atoms. The molecule has 2 rings (SSSR count). The largest absolute Gasteiger partial charge is 0.379 e. The number of amides is 1. The summed E-state index contributed by atoms with van der Waals surface area (Å²) < 4.78 is 5.45. The molecule has 0 aliphatic carbocycles. The van der Waals surface area contributed by atoms with Crippen molar-refractivity contribution in [1.82, 2.24) is 20.9 Å². The predicted octanol–water partition coefficient (Wildman–Crippen LogP) is 0.825. The van der Waals surface area contributed by atoms with Crippen molar-refractivity contribution in [1.29, 1.82) is 0 Å². The van der Waals surface area contributed by atoms with E-state index in [1.54, 1.807) is 7.05 Å². The number of benzene rings is 1. The molecule has 1 fully saturated rings. The molecule has 1 unspecified atom stereocenters. The van der Waals surface area contributed by atoms with Crippen LogP contribution in [-0.2, 0) is 16.1 Å². The van der Waals surface area contributed by atoms with Gasteiger partial charge in [-0.1, -0.05) is 44.2 Å². The number of hydrogen-bond acceptors (Lipinski definition) is 4. The number of nitrogens with one attached hydrogen (secondary N) is 3. The zero-order valence-electron chi connectivity index (χ0n) is 16.7. The fourth-order valence-corrected chi connectivity index (χ4v) is 3.14. The van der Waals surface area contributed by atoms with Crippen molar-refractivity contribution in [2.75, 3.05) is 46.4 Å². The van der Waals surface area contributed by atoms with E-state index in [0.717, 1.165) is 38.4 Å². The van der Waals surface area contributed by atoms with E-state index >= 15 is 0 Å². The van der Waals surface area contributed by atoms with Crippen LogP contribution in [0.25, 0.3) is 0 Å². The minimum Gasteiger partial charge on any atom is -0.379 e. The zero-order chi connectivity index (χ0) is 19.5. The van der Waals surface area contributed by atoms with Gasteiger partial charge in [-0.3, -0.25) is 14.7 Å². The average molecular weight is 376 g/mol. The van der Waals surface area contributed by atoms with E-state index in [0.29, 0.717) is 24.5 Å². The molecule has 0 radical (unpaired) electrons. The smallest absolute Gasteiger partial charge is 0.239 e. The summed E-state index contributed by atoms with van der Waals surface area (Å²) in [7, 11) is 1.72. The topological polar surface area (TPSA) is 78.0 Å². The zero-order valence-corrected chi connectivity index (χ0v) is 16.7. The van der Waals surface area contributed by atoms with E-state index in [4.69, 9.17) is 4.74 Å². The van der Waals surface area contributed by atoms with Crippen molar-refractivity contribution in [3.8, 4) is 0 Å². The SMILES string of the molecule is CN=C(NCC(=O)NCc1ccccc1)NCC(C(C)C)N1CCOCC1. The van der Waals surface area contributed by atoms with Gasteiger partial charge in [-0.05, 0) is 11.5 Å². The third-order valence-corrected chi connectivity index (χ3v) is 4.74. The highest BCUT2D eigenvalue weighted by Gasteiger charge is 2.23. The van der Waals surface area contributed by atoms with Gasteiger partial charge in [-0.25, -0.2) is 0 Å². The fourth-order valence-electron chi connectivity index (χ4n) is 3.14. The van der Waals surface area contributed by atoms with Gasteiger partial charge in [0.15, 0.2) is 5.96 Å². The summed E-state index contributed by atoms with van der Waals surface area (Å²) in [6, 6.07) is 10.3. The number of nitrogens with zero attached hydrogens (tertiary/aromatic N) is 2. The Balaban J connectivity index is 1.73. The Labute approximate surface area is 162 Å². The van der Waals surface area contributed by atoms with Crippen LogP contribution in [0.1, 0.15) is 19.4 Å². The van der Waals surface area contributed by atoms with Gasteiger partial charge < -0.3 is 20.7 Å². The number of carbonyl (C=O) groups is 1. The molecule has 0 aromatic heterocycles. The lowest BCUT2D eigenvalue weighted by Gasteiger charge is -2.37. The highest BCUT2D eigenvalue weighted by molar-refractivity contribution is 5.86. The quantitative estimate of drug-likeness (QED) is 0.463. The standard InChI is InChI=1S/C20H33N5O2/c1-16(2)18(25-9-11-27-12-10-25)14-23-20(21-3)24-15-19(26)22-13-17-7-5-4-6-8-17/h4-8,16,18H,9-15H2,1-3H3,(H,22,26)(H2,21,23,24). The maximum Gasteiger partial charge on any atom is 0.239 e. The van der Waals surface area contributed by atoms with Crippen LogP contribution in [0.4, 0.5) is 0 Å². The molecule has 7 nitrogen and oxygen atoms in total. The van der Waals surface area contributed by atoms with E-state index in [9.17, 15) is 4.79 Å². The molecule has 1 aliphatic rings. The molecule has 0 saturated carbocycles. The van der Waals surface area contributed by atoms with E-state index in [1.165, 1.54) is 0 Å². The number of guanidine groups is 1. The van der Waals surface area contributed by atoms with Crippen LogP contribution < -0.4 is 16.0 Å². The lowest BCUT2D eigenvalue weighted by molar-refractivity contribution is -0.120. The minimum absolute atomic E-state index is 0.0598. The van der Waals surface area contributed by atoms with Crippen LogP contribution in [0.2, 0.25) is 0 Å². The van der Waals surface area contributed by atoms with Gasteiger partial charge in [0.2, 0.25) is 5.91 Å². The number of aliphatic imine (C=N–C) groups is 1. The monoisotopic (exact) mass is 375 g/mol. The van der Waals surface area contributed by atoms with Crippen molar-refractivity contribution >= 4 is 11.9 Å². The molecule has 1 heterocycles. The highest BCUT2D eigenvalue weighted by Crippen LogP contribution is 2.12. The van der Waals surface area contributed by atoms with Gasteiger partial charge in [-0.2, -0.15) is 0 Å². The van der Waals surface area contributed by atoms with Gasteiger partial charge in [0.25, 0.3) is 0 Å². The number of ether oxygens (including phenoxy) is 1. The molecule has 1 saturated heterocycles. The van der Waals surface area contributed by atoms with Gasteiger partial charge in [-0.15, -0.1) is 0 Å². The Hall–Kier alpha value is -2.12. The van der Waals surface area contributed by atoms with Crippen LogP contribution in [0, 0.1) is 5.92 Å². The molecule has 1 aromatic rings. The molecule has 1 aromatic carbocycles. The molecule has 3 N–H and O–H groups in total. The normalized spacial score (nSPS) is 16.8. The Morgan fingerprint density at radius 1 is 1.15 bits per heavy atom. The van der Waals surface area contributed by atoms with Gasteiger partial charge in [0, 0.05) is 39.3 Å². The first-order valence-electron chi connectivity index (χ1n) is 9.67. The van der Waals surface area contributed by atoms with Crippen LogP contribution in [0.15, 0.2) is 35.3 Å². The second-order valence-corrected chi connectivity index (χ2v) is 7.03. The van der Waals surface area contributed by atoms with E-state index in [1.807, 2.05) is 30.3 Å². The fraction of sp³-hybridized carbons (Fsp3) is 0.600. The number of rotatable bonds is 8. The molecule has 150 valence electrons. The highest BCUT2D eigenvalue weighted by atomic mass is 16.5. The van der Waals surface area contributed by atoms with E-state index in [-0.39, 0.29) is 12.5 Å². The third kappa shape index (κ3) is 7.56. The van der Waals surface area contributed by atoms with Gasteiger partial charge in [0.1, 0.15) is 0 Å². The summed E-state index contributed by atoms with van der Waals surface area (Å²) in [5.74, 6) is 1.10. The van der Waals surface area contributed by atoms with Crippen LogP contribution >= 0.6 is 0 Å². The number of hydrogen-bond donors (Lipinski definition) is 3.